The number of halogens is 1. The predicted molar refractivity (Wildman–Crippen MR) is 69.0 cm³/mol. The van der Waals surface area contributed by atoms with Gasteiger partial charge in [0, 0.05) is 25.7 Å². The number of nitrogens with zero attached hydrogens (tertiary/aromatic N) is 1. The monoisotopic (exact) mass is 268 g/mol. The van der Waals surface area contributed by atoms with Crippen molar-refractivity contribution in [2.75, 3.05) is 26.4 Å². The molecule has 6 heteroatoms. The van der Waals surface area contributed by atoms with Crippen molar-refractivity contribution in [3.8, 4) is 0 Å². The Morgan fingerprint density at radius 2 is 2.11 bits per heavy atom. The normalized spacial score (nSPS) is 10.1. The number of carbonyl (C=O) groups excluding carboxylic acids is 2. The number of benzene rings is 1. The fourth-order valence-corrected chi connectivity index (χ4v) is 1.58. The zero-order valence-electron chi connectivity index (χ0n) is 11.0. The van der Waals surface area contributed by atoms with Crippen molar-refractivity contribution in [3.63, 3.8) is 0 Å². The summed E-state index contributed by atoms with van der Waals surface area (Å²) in [6.45, 7) is 0.335. The third-order valence-corrected chi connectivity index (χ3v) is 2.67. The van der Waals surface area contributed by atoms with Gasteiger partial charge in [0.1, 0.15) is 5.82 Å². The SMILES string of the molecule is COC(=O)CCCN(C)C(=O)c1cc(N)ccc1F. The van der Waals surface area contributed by atoms with E-state index in [1.807, 2.05) is 0 Å². The molecular formula is C13H17FN2O3. The summed E-state index contributed by atoms with van der Waals surface area (Å²) in [6, 6.07) is 3.85. The van der Waals surface area contributed by atoms with Crippen molar-refractivity contribution in [1.29, 1.82) is 0 Å². The van der Waals surface area contributed by atoms with Gasteiger partial charge in [0.25, 0.3) is 5.91 Å². The van der Waals surface area contributed by atoms with E-state index in [1.54, 1.807) is 7.05 Å². The second kappa shape index (κ2) is 6.72. The van der Waals surface area contributed by atoms with E-state index in [0.717, 1.165) is 6.07 Å². The molecule has 0 aliphatic carbocycles. The molecule has 0 radical (unpaired) electrons. The van der Waals surface area contributed by atoms with Gasteiger partial charge in [-0.05, 0) is 24.6 Å². The molecule has 0 atom stereocenters. The average molecular weight is 268 g/mol. The van der Waals surface area contributed by atoms with Crippen LogP contribution in [0.3, 0.4) is 0 Å². The van der Waals surface area contributed by atoms with Crippen molar-refractivity contribution in [2.24, 2.45) is 0 Å². The number of nitrogen functional groups attached to an aromatic ring is 1. The lowest BCUT2D eigenvalue weighted by atomic mass is 10.1. The fourth-order valence-electron chi connectivity index (χ4n) is 1.58. The highest BCUT2D eigenvalue weighted by molar-refractivity contribution is 5.95. The maximum Gasteiger partial charge on any atom is 0.305 e. The number of methoxy groups -OCH3 is 1. The van der Waals surface area contributed by atoms with E-state index in [0.29, 0.717) is 18.7 Å². The van der Waals surface area contributed by atoms with Crippen LogP contribution in [0.25, 0.3) is 0 Å². The van der Waals surface area contributed by atoms with E-state index in [9.17, 15) is 14.0 Å². The molecule has 104 valence electrons. The van der Waals surface area contributed by atoms with Crippen molar-refractivity contribution in [3.05, 3.63) is 29.6 Å². The van der Waals surface area contributed by atoms with Crippen LogP contribution in [0.5, 0.6) is 0 Å². The first-order valence-electron chi connectivity index (χ1n) is 5.83. The molecule has 0 saturated carbocycles. The molecule has 1 rings (SSSR count). The number of hydrogen-bond donors (Lipinski definition) is 1. The number of carbonyl (C=O) groups is 2. The lowest BCUT2D eigenvalue weighted by molar-refractivity contribution is -0.140. The maximum absolute atomic E-state index is 13.5. The summed E-state index contributed by atoms with van der Waals surface area (Å²) in [6.07, 6.45) is 0.673. The molecule has 0 saturated heterocycles. The van der Waals surface area contributed by atoms with Crippen LogP contribution in [0, 0.1) is 5.82 Å². The van der Waals surface area contributed by atoms with Gasteiger partial charge in [0.15, 0.2) is 0 Å². The molecule has 1 aromatic carbocycles. The van der Waals surface area contributed by atoms with Gasteiger partial charge >= 0.3 is 5.97 Å². The number of anilines is 1. The summed E-state index contributed by atoms with van der Waals surface area (Å²) in [5.74, 6) is -1.41. The summed E-state index contributed by atoms with van der Waals surface area (Å²) >= 11 is 0. The van der Waals surface area contributed by atoms with Gasteiger partial charge in [-0.1, -0.05) is 0 Å². The van der Waals surface area contributed by atoms with Gasteiger partial charge in [0.05, 0.1) is 12.7 Å². The maximum atomic E-state index is 13.5. The first kappa shape index (κ1) is 14.9. The summed E-state index contributed by atoms with van der Waals surface area (Å²) in [5.41, 5.74) is 5.78. The number of hydrogen-bond acceptors (Lipinski definition) is 4. The Morgan fingerprint density at radius 3 is 2.74 bits per heavy atom. The first-order valence-corrected chi connectivity index (χ1v) is 5.83. The number of nitrogens with two attached hydrogens (primary N) is 1. The van der Waals surface area contributed by atoms with Crippen molar-refractivity contribution in [2.45, 2.75) is 12.8 Å². The molecule has 0 bridgehead atoms. The molecule has 2 N–H and O–H groups in total. The Kier molecular flexibility index (Phi) is 5.29. The van der Waals surface area contributed by atoms with Crippen molar-refractivity contribution < 1.29 is 18.7 Å². The molecule has 0 aliphatic rings. The lowest BCUT2D eigenvalue weighted by Gasteiger charge is -2.17. The highest BCUT2D eigenvalue weighted by atomic mass is 19.1. The molecule has 5 nitrogen and oxygen atoms in total. The van der Waals surface area contributed by atoms with Crippen LogP contribution in [0.2, 0.25) is 0 Å². The van der Waals surface area contributed by atoms with E-state index >= 15 is 0 Å². The summed E-state index contributed by atoms with van der Waals surface area (Å²) in [5, 5.41) is 0. The van der Waals surface area contributed by atoms with Crippen LogP contribution in [-0.2, 0) is 9.53 Å². The molecule has 1 aromatic rings. The Morgan fingerprint density at radius 1 is 1.42 bits per heavy atom. The highest BCUT2D eigenvalue weighted by Gasteiger charge is 2.16. The fraction of sp³-hybridized carbons (Fsp3) is 0.385. The van der Waals surface area contributed by atoms with Crippen LogP contribution in [0.1, 0.15) is 23.2 Å². The van der Waals surface area contributed by atoms with Gasteiger partial charge in [-0.3, -0.25) is 9.59 Å². The van der Waals surface area contributed by atoms with E-state index in [4.69, 9.17) is 5.73 Å². The van der Waals surface area contributed by atoms with Gasteiger partial charge < -0.3 is 15.4 Å². The van der Waals surface area contributed by atoms with E-state index < -0.39 is 11.7 Å². The third-order valence-electron chi connectivity index (χ3n) is 2.67. The Bertz CT molecular complexity index is 477. The van der Waals surface area contributed by atoms with Gasteiger partial charge in [0.2, 0.25) is 0 Å². The quantitative estimate of drug-likeness (QED) is 0.647. The van der Waals surface area contributed by atoms with Crippen LogP contribution in [-0.4, -0.2) is 37.5 Å². The summed E-state index contributed by atoms with van der Waals surface area (Å²) < 4.78 is 18.0. The minimum atomic E-state index is -0.612. The van der Waals surface area contributed by atoms with Crippen LogP contribution in [0.4, 0.5) is 10.1 Å². The van der Waals surface area contributed by atoms with Gasteiger partial charge in [-0.15, -0.1) is 0 Å². The predicted octanol–water partition coefficient (Wildman–Crippen LogP) is 1.43. The molecule has 0 heterocycles. The van der Waals surface area contributed by atoms with Crippen molar-refractivity contribution >= 4 is 17.6 Å². The molecule has 0 unspecified atom stereocenters. The minimum absolute atomic E-state index is 0.0689. The largest absolute Gasteiger partial charge is 0.469 e. The molecular weight excluding hydrogens is 251 g/mol. The number of amides is 1. The first-order chi connectivity index (χ1) is 8.95. The number of esters is 1. The van der Waals surface area contributed by atoms with E-state index in [-0.39, 0.29) is 18.0 Å². The third kappa shape index (κ3) is 4.24. The minimum Gasteiger partial charge on any atom is -0.469 e. The zero-order valence-corrected chi connectivity index (χ0v) is 11.0. The van der Waals surface area contributed by atoms with Crippen LogP contribution < -0.4 is 5.73 Å². The second-order valence-corrected chi connectivity index (χ2v) is 4.15. The second-order valence-electron chi connectivity index (χ2n) is 4.15. The topological polar surface area (TPSA) is 72.6 Å². The molecule has 0 spiro atoms. The average Bonchev–Trinajstić information content (AvgIpc) is 2.40. The number of ether oxygens (including phenoxy) is 1. The van der Waals surface area contributed by atoms with Crippen molar-refractivity contribution in [1.82, 2.24) is 4.90 Å². The molecule has 19 heavy (non-hydrogen) atoms. The highest BCUT2D eigenvalue weighted by Crippen LogP contribution is 2.14. The molecule has 1 amide bonds. The Balaban J connectivity index is 2.61. The summed E-state index contributed by atoms with van der Waals surface area (Å²) in [4.78, 5) is 24.3. The standard InChI is InChI=1S/C13H17FN2O3/c1-16(7-3-4-12(17)19-2)13(18)10-8-9(15)5-6-11(10)14/h5-6,8H,3-4,7,15H2,1-2H3. The van der Waals surface area contributed by atoms with Gasteiger partial charge in [-0.2, -0.15) is 0 Å². The summed E-state index contributed by atoms with van der Waals surface area (Å²) in [7, 11) is 2.85. The smallest absolute Gasteiger partial charge is 0.305 e. The van der Waals surface area contributed by atoms with E-state index in [1.165, 1.54) is 24.1 Å². The van der Waals surface area contributed by atoms with Crippen LogP contribution >= 0.6 is 0 Å². The molecule has 0 aliphatic heterocycles. The van der Waals surface area contributed by atoms with E-state index in [2.05, 4.69) is 4.74 Å². The zero-order chi connectivity index (χ0) is 14.4. The lowest BCUT2D eigenvalue weighted by Crippen LogP contribution is -2.29. The Labute approximate surface area is 111 Å². The Hall–Kier alpha value is -2.11. The van der Waals surface area contributed by atoms with Crippen LogP contribution in [0.15, 0.2) is 18.2 Å². The van der Waals surface area contributed by atoms with Gasteiger partial charge in [-0.25, -0.2) is 4.39 Å². The molecule has 0 aromatic heterocycles. The molecule has 0 fully saturated rings. The number of rotatable bonds is 5.